The number of anilines is 1. The normalized spacial score (nSPS) is 11.6. The van der Waals surface area contributed by atoms with E-state index in [0.717, 1.165) is 17.2 Å². The molecule has 0 unspecified atom stereocenters. The third-order valence-electron chi connectivity index (χ3n) is 5.75. The number of aromatic nitrogens is 1. The predicted molar refractivity (Wildman–Crippen MR) is 198 cm³/mol. The molecule has 0 aliphatic carbocycles. The number of thiocarbonyl (C=S) groups is 1. The topological polar surface area (TPSA) is 73.9 Å². The molecule has 1 aromatic heterocycles. The van der Waals surface area contributed by atoms with Crippen LogP contribution in [-0.2, 0) is 20.9 Å². The molecule has 0 bridgehead atoms. The van der Waals surface area contributed by atoms with Gasteiger partial charge in [-0.1, -0.05) is 80.7 Å². The average molecular weight is 735 g/mol. The standard InChI is InChI=1S/C23H32N2OS.C9H11Cl3NO3PS/c1-15(2)19-13-18(26-17-11-9-8-10-12-17)14-20(16(3)4)21(19)24-22(27)25-23(5,6)7;1-3-14-17(18,15-4-2)16-9-7(11)5-6(10)8(12)13-9/h8-16H,1-7H3,(H2,24,25,27);5H,3-4H2,1-2H3. The molecule has 13 heteroatoms. The Labute approximate surface area is 293 Å². The zero-order chi connectivity index (χ0) is 33.9. The Morgan fingerprint density at radius 1 is 0.867 bits per heavy atom. The summed E-state index contributed by atoms with van der Waals surface area (Å²) in [4.78, 5) is 3.90. The number of benzene rings is 2. The van der Waals surface area contributed by atoms with E-state index in [4.69, 9.17) is 77.1 Å². The highest BCUT2D eigenvalue weighted by atomic mass is 35.5. The molecule has 0 aliphatic rings. The lowest BCUT2D eigenvalue weighted by Gasteiger charge is -2.27. The van der Waals surface area contributed by atoms with Gasteiger partial charge >= 0.3 is 6.72 Å². The van der Waals surface area contributed by atoms with E-state index in [1.807, 2.05) is 30.3 Å². The highest BCUT2D eigenvalue weighted by Crippen LogP contribution is 2.51. The van der Waals surface area contributed by atoms with Crippen LogP contribution in [0.15, 0.2) is 48.5 Å². The number of para-hydroxylation sites is 1. The minimum atomic E-state index is -2.92. The Kier molecular flexibility index (Phi) is 15.8. The van der Waals surface area contributed by atoms with Crippen molar-refractivity contribution in [3.63, 3.8) is 0 Å². The van der Waals surface area contributed by atoms with Crippen LogP contribution in [0.2, 0.25) is 15.2 Å². The summed E-state index contributed by atoms with van der Waals surface area (Å²) in [5, 5.41) is 7.94. The van der Waals surface area contributed by atoms with Gasteiger partial charge in [0, 0.05) is 23.0 Å². The molecule has 0 saturated carbocycles. The minimum absolute atomic E-state index is 0.0521. The lowest BCUT2D eigenvalue weighted by molar-refractivity contribution is 0.216. The molecule has 45 heavy (non-hydrogen) atoms. The summed E-state index contributed by atoms with van der Waals surface area (Å²) in [5.41, 5.74) is 3.40. The molecule has 0 atom stereocenters. The highest BCUT2D eigenvalue weighted by Gasteiger charge is 2.24. The zero-order valence-corrected chi connectivity index (χ0v) is 32.0. The Balaban J connectivity index is 0.000000341. The van der Waals surface area contributed by atoms with E-state index in [1.165, 1.54) is 17.2 Å². The summed E-state index contributed by atoms with van der Waals surface area (Å²) in [6.07, 6.45) is 0. The second-order valence-corrected chi connectivity index (χ2v) is 16.0. The summed E-state index contributed by atoms with van der Waals surface area (Å²) in [5.74, 6) is 2.42. The van der Waals surface area contributed by atoms with Crippen molar-refractivity contribution in [2.75, 3.05) is 18.5 Å². The van der Waals surface area contributed by atoms with Crippen LogP contribution in [0.25, 0.3) is 0 Å². The first-order chi connectivity index (χ1) is 21.0. The van der Waals surface area contributed by atoms with Crippen molar-refractivity contribution in [3.8, 4) is 17.4 Å². The summed E-state index contributed by atoms with van der Waals surface area (Å²) >= 11 is 28.2. The van der Waals surface area contributed by atoms with Gasteiger partial charge in [-0.25, -0.2) is 0 Å². The van der Waals surface area contributed by atoms with E-state index in [-0.39, 0.29) is 26.6 Å². The summed E-state index contributed by atoms with van der Waals surface area (Å²) in [6.45, 7) is 16.4. The van der Waals surface area contributed by atoms with Crippen molar-refractivity contribution in [3.05, 3.63) is 74.9 Å². The molecule has 0 spiro atoms. The maximum Gasteiger partial charge on any atom is 0.381 e. The van der Waals surface area contributed by atoms with Gasteiger partial charge in [0.2, 0.25) is 5.88 Å². The number of pyridine rings is 1. The first-order valence-electron chi connectivity index (χ1n) is 14.6. The fourth-order valence-electron chi connectivity index (χ4n) is 3.89. The van der Waals surface area contributed by atoms with E-state index >= 15 is 0 Å². The number of hydrogen-bond donors (Lipinski definition) is 2. The molecule has 7 nitrogen and oxygen atoms in total. The second kappa shape index (κ2) is 18.0. The molecular weight excluding hydrogens is 692 g/mol. The minimum Gasteiger partial charge on any atom is -0.457 e. The van der Waals surface area contributed by atoms with Crippen molar-refractivity contribution >= 4 is 76.3 Å². The van der Waals surface area contributed by atoms with Crippen molar-refractivity contribution in [1.82, 2.24) is 10.3 Å². The molecule has 0 radical (unpaired) electrons. The third kappa shape index (κ3) is 13.2. The Morgan fingerprint density at radius 3 is 1.87 bits per heavy atom. The average Bonchev–Trinajstić information content (AvgIpc) is 2.92. The van der Waals surface area contributed by atoms with E-state index in [0.29, 0.717) is 30.2 Å². The molecule has 3 aromatic rings. The Hall–Kier alpha value is -1.68. The molecule has 0 fully saturated rings. The van der Waals surface area contributed by atoms with Gasteiger partial charge in [-0.15, -0.1) is 0 Å². The fourth-order valence-corrected chi connectivity index (χ4v) is 6.89. The van der Waals surface area contributed by atoms with Crippen LogP contribution in [0.1, 0.15) is 85.3 Å². The van der Waals surface area contributed by atoms with E-state index in [9.17, 15) is 0 Å². The van der Waals surface area contributed by atoms with Gasteiger partial charge in [0.15, 0.2) is 10.3 Å². The predicted octanol–water partition coefficient (Wildman–Crippen LogP) is 11.5. The number of nitrogens with one attached hydrogen (secondary N) is 2. The number of halogens is 3. The van der Waals surface area contributed by atoms with Gasteiger partial charge in [-0.2, -0.15) is 4.98 Å². The van der Waals surface area contributed by atoms with Crippen molar-refractivity contribution in [2.45, 2.75) is 79.7 Å². The van der Waals surface area contributed by atoms with E-state index < -0.39 is 6.72 Å². The molecule has 3 rings (SSSR count). The smallest absolute Gasteiger partial charge is 0.381 e. The van der Waals surface area contributed by atoms with Crippen LogP contribution in [-0.4, -0.2) is 28.8 Å². The Morgan fingerprint density at radius 2 is 1.40 bits per heavy atom. The fraction of sp³-hybridized carbons (Fsp3) is 0.438. The monoisotopic (exact) mass is 733 g/mol. The second-order valence-electron chi connectivity index (χ2n) is 11.5. The third-order valence-corrected chi connectivity index (χ3v) is 9.30. The first-order valence-corrected chi connectivity index (χ1v) is 18.7. The molecule has 0 saturated heterocycles. The summed E-state index contributed by atoms with van der Waals surface area (Å²) in [6, 6.07) is 15.5. The van der Waals surface area contributed by atoms with Crippen LogP contribution in [0.4, 0.5) is 5.69 Å². The highest BCUT2D eigenvalue weighted by molar-refractivity contribution is 8.07. The lowest BCUT2D eigenvalue weighted by atomic mass is 9.92. The number of nitrogens with zero attached hydrogens (tertiary/aromatic N) is 1. The SMILES string of the molecule is CC(C)c1cc(Oc2ccccc2)cc(C(C)C)c1NC(=S)NC(C)(C)C.CCOP(=S)(OCC)Oc1nc(Cl)c(Cl)cc1Cl. The van der Waals surface area contributed by atoms with Crippen molar-refractivity contribution in [2.24, 2.45) is 0 Å². The molecule has 0 amide bonds. The largest absolute Gasteiger partial charge is 0.457 e. The number of hydrogen-bond acceptors (Lipinski definition) is 7. The van der Waals surface area contributed by atoms with Gasteiger partial charge in [-0.3, -0.25) is 9.05 Å². The van der Waals surface area contributed by atoms with Gasteiger partial charge in [0.1, 0.15) is 16.5 Å². The van der Waals surface area contributed by atoms with Crippen LogP contribution >= 0.6 is 53.7 Å². The molecule has 0 aliphatic heterocycles. The van der Waals surface area contributed by atoms with Crippen molar-refractivity contribution in [1.29, 1.82) is 0 Å². The van der Waals surface area contributed by atoms with Crippen LogP contribution in [0.5, 0.6) is 17.4 Å². The quantitative estimate of drug-likeness (QED) is 0.114. The molecule has 248 valence electrons. The summed E-state index contributed by atoms with van der Waals surface area (Å²) < 4.78 is 22.2. The molecule has 1 heterocycles. The maximum atomic E-state index is 6.12. The first kappa shape index (κ1) is 39.5. The van der Waals surface area contributed by atoms with Crippen LogP contribution in [0.3, 0.4) is 0 Å². The molecular formula is C32H43Cl3N3O4PS2. The van der Waals surface area contributed by atoms with Gasteiger partial charge in [-0.05, 0) is 100 Å². The maximum absolute atomic E-state index is 6.12. The lowest BCUT2D eigenvalue weighted by Crippen LogP contribution is -2.43. The number of ether oxygens (including phenoxy) is 1. The van der Waals surface area contributed by atoms with Crippen LogP contribution in [0, 0.1) is 0 Å². The molecule has 2 N–H and O–H groups in total. The van der Waals surface area contributed by atoms with E-state index in [1.54, 1.807) is 13.8 Å². The molecule has 2 aromatic carbocycles. The van der Waals surface area contributed by atoms with E-state index in [2.05, 4.69) is 76.2 Å². The Bertz CT molecular complexity index is 1430. The van der Waals surface area contributed by atoms with Crippen LogP contribution < -0.4 is 19.9 Å². The summed E-state index contributed by atoms with van der Waals surface area (Å²) in [7, 11) is 0. The van der Waals surface area contributed by atoms with Gasteiger partial charge in [0.05, 0.1) is 18.2 Å². The zero-order valence-electron chi connectivity index (χ0n) is 27.2. The van der Waals surface area contributed by atoms with Gasteiger partial charge < -0.3 is 19.9 Å². The van der Waals surface area contributed by atoms with Gasteiger partial charge in [0.25, 0.3) is 0 Å². The van der Waals surface area contributed by atoms with Crippen molar-refractivity contribution < 1.29 is 18.3 Å². The number of rotatable bonds is 11.